The predicted molar refractivity (Wildman–Crippen MR) is 65.2 cm³/mol. The first kappa shape index (κ1) is 12.7. The third-order valence-electron chi connectivity index (χ3n) is 2.42. The summed E-state index contributed by atoms with van der Waals surface area (Å²) in [5, 5.41) is 16.8. The molecule has 0 bridgehead atoms. The van der Waals surface area contributed by atoms with Crippen LogP contribution in [0.25, 0.3) is 0 Å². The second-order valence-electron chi connectivity index (χ2n) is 3.55. The zero-order valence-electron chi connectivity index (χ0n) is 9.24. The molecule has 1 heterocycles. The lowest BCUT2D eigenvalue weighted by Gasteiger charge is -2.25. The van der Waals surface area contributed by atoms with Crippen LogP contribution < -0.4 is 10.6 Å². The number of likely N-dealkylation sites (N-methyl/N-ethyl adjacent to an activating group) is 1. The van der Waals surface area contributed by atoms with Crippen molar-refractivity contribution in [3.05, 3.63) is 22.8 Å². The van der Waals surface area contributed by atoms with Crippen molar-refractivity contribution in [3.8, 4) is 0 Å². The van der Waals surface area contributed by atoms with Crippen molar-refractivity contribution < 1.29 is 5.11 Å². The fourth-order valence-electron chi connectivity index (χ4n) is 1.22. The first-order valence-corrected chi connectivity index (χ1v) is 5.19. The van der Waals surface area contributed by atoms with E-state index >= 15 is 0 Å². The summed E-state index contributed by atoms with van der Waals surface area (Å²) < 4.78 is 0. The Balaban J connectivity index is 3.15. The summed E-state index contributed by atoms with van der Waals surface area (Å²) >= 11 is 6.09. The average molecular weight is 243 g/mol. The maximum atomic E-state index is 9.06. The number of pyridine rings is 1. The molecule has 0 aromatic carbocycles. The van der Waals surface area contributed by atoms with Gasteiger partial charge in [-0.2, -0.15) is 0 Å². The molecule has 1 aromatic rings. The number of rotatable bonds is 4. The molecule has 1 aromatic heterocycles. The number of aliphatic hydroxyl groups excluding tert-OH is 1. The fraction of sp³-hybridized carbons (Fsp3) is 0.400. The molecule has 0 saturated carbocycles. The molecule has 88 valence electrons. The van der Waals surface area contributed by atoms with E-state index in [-0.39, 0.29) is 18.5 Å². The van der Waals surface area contributed by atoms with Gasteiger partial charge < -0.3 is 15.7 Å². The van der Waals surface area contributed by atoms with E-state index in [4.69, 9.17) is 27.9 Å². The Labute approximate surface area is 99.4 Å². The van der Waals surface area contributed by atoms with Crippen LogP contribution in [0.3, 0.4) is 0 Å². The van der Waals surface area contributed by atoms with Crippen LogP contribution in [0.5, 0.6) is 0 Å². The first-order chi connectivity index (χ1) is 7.49. The number of nitrogens with one attached hydrogen (secondary N) is 1. The standard InChI is InChI=1S/C10H15ClN4O/c1-6(5-16)15(2)10-8(11)7(9(12)13)3-4-14-10/h3-4,6,16H,5H2,1-2H3,(H3,12,13). The van der Waals surface area contributed by atoms with Crippen molar-refractivity contribution in [2.45, 2.75) is 13.0 Å². The number of nitrogens with two attached hydrogens (primary N) is 1. The van der Waals surface area contributed by atoms with Crippen molar-refractivity contribution in [1.82, 2.24) is 4.98 Å². The summed E-state index contributed by atoms with van der Waals surface area (Å²) in [6.45, 7) is 1.84. The summed E-state index contributed by atoms with van der Waals surface area (Å²) in [6.07, 6.45) is 1.54. The quantitative estimate of drug-likeness (QED) is 0.539. The number of hydrogen-bond acceptors (Lipinski definition) is 4. The van der Waals surface area contributed by atoms with Crippen LogP contribution in [0.4, 0.5) is 5.82 Å². The Morgan fingerprint density at radius 1 is 1.75 bits per heavy atom. The molecule has 0 saturated heterocycles. The van der Waals surface area contributed by atoms with Gasteiger partial charge in [0.2, 0.25) is 0 Å². The van der Waals surface area contributed by atoms with Gasteiger partial charge in [0, 0.05) is 18.8 Å². The van der Waals surface area contributed by atoms with Crippen LogP contribution in [0.15, 0.2) is 12.3 Å². The molecule has 0 fully saturated rings. The van der Waals surface area contributed by atoms with E-state index in [1.807, 2.05) is 6.92 Å². The lowest BCUT2D eigenvalue weighted by molar-refractivity contribution is 0.270. The lowest BCUT2D eigenvalue weighted by atomic mass is 10.2. The van der Waals surface area contributed by atoms with Gasteiger partial charge in [-0.1, -0.05) is 11.6 Å². The summed E-state index contributed by atoms with van der Waals surface area (Å²) in [6, 6.07) is 1.48. The van der Waals surface area contributed by atoms with E-state index in [1.54, 1.807) is 24.2 Å². The largest absolute Gasteiger partial charge is 0.394 e. The molecular formula is C10H15ClN4O. The van der Waals surface area contributed by atoms with E-state index in [0.717, 1.165) is 0 Å². The normalized spacial score (nSPS) is 12.2. The van der Waals surface area contributed by atoms with Crippen LogP contribution in [-0.2, 0) is 0 Å². The molecule has 6 heteroatoms. The second-order valence-corrected chi connectivity index (χ2v) is 3.93. The van der Waals surface area contributed by atoms with E-state index in [1.165, 1.54) is 0 Å². The van der Waals surface area contributed by atoms with Gasteiger partial charge in [-0.25, -0.2) is 4.98 Å². The summed E-state index contributed by atoms with van der Waals surface area (Å²) in [5.41, 5.74) is 5.84. The van der Waals surface area contributed by atoms with E-state index in [0.29, 0.717) is 16.4 Å². The Hall–Kier alpha value is -1.33. The van der Waals surface area contributed by atoms with Gasteiger partial charge in [0.05, 0.1) is 17.7 Å². The van der Waals surface area contributed by atoms with E-state index in [2.05, 4.69) is 4.98 Å². The van der Waals surface area contributed by atoms with Gasteiger partial charge in [-0.15, -0.1) is 0 Å². The van der Waals surface area contributed by atoms with Gasteiger partial charge in [-0.3, -0.25) is 5.41 Å². The molecule has 1 rings (SSSR count). The minimum absolute atomic E-state index is 0.00118. The fourth-order valence-corrected chi connectivity index (χ4v) is 1.56. The Morgan fingerprint density at radius 3 is 2.88 bits per heavy atom. The highest BCUT2D eigenvalue weighted by Crippen LogP contribution is 2.26. The molecule has 1 atom stereocenters. The van der Waals surface area contributed by atoms with Crippen LogP contribution >= 0.6 is 11.6 Å². The SMILES string of the molecule is CC(CO)N(C)c1nccc(C(=N)N)c1Cl. The van der Waals surface area contributed by atoms with Crippen molar-refractivity contribution in [1.29, 1.82) is 5.41 Å². The number of anilines is 1. The second kappa shape index (κ2) is 5.14. The molecule has 0 aliphatic rings. The van der Waals surface area contributed by atoms with E-state index < -0.39 is 0 Å². The number of aliphatic hydroxyl groups is 1. The van der Waals surface area contributed by atoms with Gasteiger partial charge in [0.1, 0.15) is 11.7 Å². The molecule has 0 spiro atoms. The molecular weight excluding hydrogens is 228 g/mol. The zero-order chi connectivity index (χ0) is 12.3. The maximum absolute atomic E-state index is 9.06. The van der Waals surface area contributed by atoms with Gasteiger partial charge >= 0.3 is 0 Å². The number of aromatic nitrogens is 1. The third kappa shape index (κ3) is 2.43. The third-order valence-corrected chi connectivity index (χ3v) is 2.79. The number of nitrogens with zero attached hydrogens (tertiary/aromatic N) is 2. The van der Waals surface area contributed by atoms with Gasteiger partial charge in [0.15, 0.2) is 0 Å². The topological polar surface area (TPSA) is 86.2 Å². The van der Waals surface area contributed by atoms with E-state index in [9.17, 15) is 0 Å². The smallest absolute Gasteiger partial charge is 0.148 e. The number of hydrogen-bond donors (Lipinski definition) is 3. The van der Waals surface area contributed by atoms with Crippen molar-refractivity contribution in [2.24, 2.45) is 5.73 Å². The zero-order valence-corrected chi connectivity index (χ0v) is 9.99. The Kier molecular flexibility index (Phi) is 4.09. The first-order valence-electron chi connectivity index (χ1n) is 4.81. The van der Waals surface area contributed by atoms with Gasteiger partial charge in [0.25, 0.3) is 0 Å². The molecule has 0 radical (unpaired) electrons. The molecule has 4 N–H and O–H groups in total. The molecule has 0 amide bonds. The van der Waals surface area contributed by atoms with Crippen LogP contribution in [0.2, 0.25) is 5.02 Å². The Morgan fingerprint density at radius 2 is 2.38 bits per heavy atom. The van der Waals surface area contributed by atoms with Crippen molar-refractivity contribution in [3.63, 3.8) is 0 Å². The number of nitrogen functional groups attached to an aromatic ring is 1. The van der Waals surface area contributed by atoms with Crippen LogP contribution in [-0.4, -0.2) is 35.6 Å². The van der Waals surface area contributed by atoms with Gasteiger partial charge in [-0.05, 0) is 13.0 Å². The molecule has 5 nitrogen and oxygen atoms in total. The maximum Gasteiger partial charge on any atom is 0.148 e. The molecule has 16 heavy (non-hydrogen) atoms. The summed E-state index contributed by atoms with van der Waals surface area (Å²) in [4.78, 5) is 5.87. The number of amidine groups is 1. The highest BCUT2D eigenvalue weighted by atomic mass is 35.5. The van der Waals surface area contributed by atoms with Crippen molar-refractivity contribution in [2.75, 3.05) is 18.6 Å². The lowest BCUT2D eigenvalue weighted by Crippen LogP contribution is -2.33. The molecule has 0 aliphatic heterocycles. The van der Waals surface area contributed by atoms with Crippen molar-refractivity contribution >= 4 is 23.3 Å². The Bertz CT molecular complexity index is 396. The minimum atomic E-state index is -0.104. The number of halogens is 1. The summed E-state index contributed by atoms with van der Waals surface area (Å²) in [7, 11) is 1.78. The summed E-state index contributed by atoms with van der Waals surface area (Å²) in [5.74, 6) is 0.412. The van der Waals surface area contributed by atoms with Crippen LogP contribution in [0.1, 0.15) is 12.5 Å². The average Bonchev–Trinajstić information content (AvgIpc) is 2.27. The monoisotopic (exact) mass is 242 g/mol. The molecule has 0 aliphatic carbocycles. The highest BCUT2D eigenvalue weighted by molar-refractivity contribution is 6.36. The minimum Gasteiger partial charge on any atom is -0.394 e. The highest BCUT2D eigenvalue weighted by Gasteiger charge is 2.16. The molecule has 1 unspecified atom stereocenters. The van der Waals surface area contributed by atoms with Crippen LogP contribution in [0, 0.1) is 5.41 Å². The predicted octanol–water partition coefficient (Wildman–Crippen LogP) is 0.836.